The zero-order chi connectivity index (χ0) is 17.8. The number of imidazole rings is 1. The Kier molecular flexibility index (Phi) is 4.84. The molecule has 0 aliphatic rings. The fourth-order valence-corrected chi connectivity index (χ4v) is 3.60. The lowest BCUT2D eigenvalue weighted by Gasteiger charge is -2.02. The molecule has 1 N–H and O–H groups in total. The molecular weight excluding hydrogens is 343 g/mol. The Bertz CT molecular complexity index is 923. The van der Waals surface area contributed by atoms with Crippen LogP contribution in [0.4, 0.5) is 4.39 Å². The van der Waals surface area contributed by atoms with E-state index in [2.05, 4.69) is 29.2 Å². The van der Waals surface area contributed by atoms with E-state index in [1.54, 1.807) is 11.8 Å². The topological polar surface area (TPSA) is 28.7 Å². The molecule has 0 fully saturated rings. The maximum Gasteiger partial charge on any atom is 0.166 e. The third-order valence-corrected chi connectivity index (χ3v) is 5.03. The fourth-order valence-electron chi connectivity index (χ4n) is 2.77. The average molecular weight is 360 g/mol. The molecule has 0 aliphatic carbocycles. The lowest BCUT2D eigenvalue weighted by molar-refractivity contribution is 0.627. The van der Waals surface area contributed by atoms with Gasteiger partial charge in [-0.05, 0) is 17.7 Å². The Morgan fingerprint density at radius 1 is 0.769 bits per heavy atom. The minimum Gasteiger partial charge on any atom is -0.332 e. The van der Waals surface area contributed by atoms with Crippen LogP contribution in [-0.2, 0) is 5.75 Å². The predicted molar refractivity (Wildman–Crippen MR) is 105 cm³/mol. The number of halogens is 1. The van der Waals surface area contributed by atoms with Crippen molar-refractivity contribution in [2.75, 3.05) is 0 Å². The molecule has 26 heavy (non-hydrogen) atoms. The minimum atomic E-state index is -0.213. The molecule has 0 radical (unpaired) electrons. The van der Waals surface area contributed by atoms with Crippen molar-refractivity contribution < 1.29 is 4.39 Å². The van der Waals surface area contributed by atoms with Crippen LogP contribution in [0.3, 0.4) is 0 Å². The molecule has 0 amide bonds. The van der Waals surface area contributed by atoms with Gasteiger partial charge in [-0.2, -0.15) is 0 Å². The molecule has 0 saturated heterocycles. The van der Waals surface area contributed by atoms with Crippen LogP contribution in [0, 0.1) is 5.82 Å². The first-order chi connectivity index (χ1) is 12.8. The molecular formula is C22H17FN2S. The summed E-state index contributed by atoms with van der Waals surface area (Å²) in [7, 11) is 0. The van der Waals surface area contributed by atoms with Gasteiger partial charge in [0.2, 0.25) is 0 Å². The largest absolute Gasteiger partial charge is 0.332 e. The molecule has 4 rings (SSSR count). The number of aromatic nitrogens is 2. The van der Waals surface area contributed by atoms with E-state index in [0.717, 1.165) is 39.0 Å². The highest BCUT2D eigenvalue weighted by atomic mass is 32.2. The number of rotatable bonds is 5. The van der Waals surface area contributed by atoms with Gasteiger partial charge in [-0.3, -0.25) is 0 Å². The third-order valence-electron chi connectivity index (χ3n) is 4.08. The molecule has 4 heteroatoms. The quantitative estimate of drug-likeness (QED) is 0.431. The summed E-state index contributed by atoms with van der Waals surface area (Å²) in [5, 5.41) is 0.854. The molecule has 0 aliphatic heterocycles. The maximum atomic E-state index is 13.1. The summed E-state index contributed by atoms with van der Waals surface area (Å²) in [5.41, 5.74) is 5.20. The minimum absolute atomic E-state index is 0.213. The number of nitrogens with zero attached hydrogens (tertiary/aromatic N) is 1. The van der Waals surface area contributed by atoms with Gasteiger partial charge in [-0.15, -0.1) is 0 Å². The number of hydrogen-bond acceptors (Lipinski definition) is 2. The van der Waals surface area contributed by atoms with Crippen molar-refractivity contribution >= 4 is 11.8 Å². The monoisotopic (exact) mass is 360 g/mol. The lowest BCUT2D eigenvalue weighted by atomic mass is 10.1. The Hall–Kier alpha value is -2.85. The van der Waals surface area contributed by atoms with Crippen LogP contribution in [0.15, 0.2) is 90.1 Å². The van der Waals surface area contributed by atoms with E-state index in [4.69, 9.17) is 4.98 Å². The molecule has 0 atom stereocenters. The van der Waals surface area contributed by atoms with Crippen molar-refractivity contribution in [2.24, 2.45) is 0 Å². The number of hydrogen-bond donors (Lipinski definition) is 1. The van der Waals surface area contributed by atoms with Crippen molar-refractivity contribution in [1.82, 2.24) is 9.97 Å². The van der Waals surface area contributed by atoms with Gasteiger partial charge < -0.3 is 4.98 Å². The van der Waals surface area contributed by atoms with Crippen LogP contribution in [0.5, 0.6) is 0 Å². The first-order valence-electron chi connectivity index (χ1n) is 8.38. The summed E-state index contributed by atoms with van der Waals surface area (Å²) < 4.78 is 13.1. The Morgan fingerprint density at radius 3 is 2.04 bits per heavy atom. The van der Waals surface area contributed by atoms with Crippen LogP contribution in [0.1, 0.15) is 5.56 Å². The molecule has 2 nitrogen and oxygen atoms in total. The number of H-pyrrole nitrogens is 1. The normalized spacial score (nSPS) is 10.8. The zero-order valence-electron chi connectivity index (χ0n) is 14.0. The smallest absolute Gasteiger partial charge is 0.166 e. The predicted octanol–water partition coefficient (Wildman–Crippen LogP) is 6.18. The van der Waals surface area contributed by atoms with Crippen LogP contribution in [0.25, 0.3) is 22.5 Å². The highest BCUT2D eigenvalue weighted by Crippen LogP contribution is 2.33. The second kappa shape index (κ2) is 7.58. The van der Waals surface area contributed by atoms with Gasteiger partial charge >= 0.3 is 0 Å². The molecule has 0 spiro atoms. The first kappa shape index (κ1) is 16.6. The average Bonchev–Trinajstić information content (AvgIpc) is 3.13. The summed E-state index contributed by atoms with van der Waals surface area (Å²) in [5.74, 6) is 0.519. The summed E-state index contributed by atoms with van der Waals surface area (Å²) >= 11 is 1.61. The summed E-state index contributed by atoms with van der Waals surface area (Å²) in [4.78, 5) is 8.28. The Balaban J connectivity index is 1.66. The second-order valence-corrected chi connectivity index (χ2v) is 6.88. The molecule has 128 valence electrons. The van der Waals surface area contributed by atoms with Crippen molar-refractivity contribution in [3.05, 3.63) is 96.3 Å². The summed E-state index contributed by atoms with van der Waals surface area (Å²) in [6.45, 7) is 0. The summed E-state index contributed by atoms with van der Waals surface area (Å²) in [6, 6.07) is 27.0. The Morgan fingerprint density at radius 2 is 1.38 bits per heavy atom. The standard InChI is InChI=1S/C22H17FN2S/c23-19-13-11-16(12-14-19)15-26-22-24-20(17-7-3-1-4-8-17)21(25-22)18-9-5-2-6-10-18/h1-14H,15H2,(H,24,25). The van der Waals surface area contributed by atoms with Crippen LogP contribution in [-0.4, -0.2) is 9.97 Å². The number of nitrogens with one attached hydrogen (secondary N) is 1. The number of benzene rings is 3. The van der Waals surface area contributed by atoms with Gasteiger partial charge in [0.25, 0.3) is 0 Å². The highest BCUT2D eigenvalue weighted by molar-refractivity contribution is 7.98. The zero-order valence-corrected chi connectivity index (χ0v) is 14.8. The molecule has 0 bridgehead atoms. The van der Waals surface area contributed by atoms with Gasteiger partial charge in [0.05, 0.1) is 11.4 Å². The van der Waals surface area contributed by atoms with E-state index in [0.29, 0.717) is 0 Å². The van der Waals surface area contributed by atoms with Crippen molar-refractivity contribution in [1.29, 1.82) is 0 Å². The summed E-state index contributed by atoms with van der Waals surface area (Å²) in [6.07, 6.45) is 0. The molecule has 3 aromatic carbocycles. The fraction of sp³-hybridized carbons (Fsp3) is 0.0455. The van der Waals surface area contributed by atoms with E-state index in [1.807, 2.05) is 48.5 Å². The molecule has 0 saturated carbocycles. The highest BCUT2D eigenvalue weighted by Gasteiger charge is 2.14. The van der Waals surface area contributed by atoms with E-state index < -0.39 is 0 Å². The van der Waals surface area contributed by atoms with Gasteiger partial charge in [0.15, 0.2) is 5.16 Å². The third kappa shape index (κ3) is 3.70. The van der Waals surface area contributed by atoms with E-state index >= 15 is 0 Å². The number of aromatic amines is 1. The molecule has 1 heterocycles. The molecule has 4 aromatic rings. The van der Waals surface area contributed by atoms with E-state index in [1.165, 1.54) is 12.1 Å². The SMILES string of the molecule is Fc1ccc(CSc2nc(-c3ccccc3)c(-c3ccccc3)[nH]2)cc1. The van der Waals surface area contributed by atoms with Crippen LogP contribution < -0.4 is 0 Å². The van der Waals surface area contributed by atoms with E-state index in [9.17, 15) is 4.39 Å². The lowest BCUT2D eigenvalue weighted by Crippen LogP contribution is -1.83. The number of thioether (sulfide) groups is 1. The van der Waals surface area contributed by atoms with Gasteiger partial charge in [-0.25, -0.2) is 9.37 Å². The van der Waals surface area contributed by atoms with Crippen molar-refractivity contribution in [3.8, 4) is 22.5 Å². The van der Waals surface area contributed by atoms with Crippen molar-refractivity contribution in [2.45, 2.75) is 10.9 Å². The Labute approximate surface area is 156 Å². The van der Waals surface area contributed by atoms with Crippen molar-refractivity contribution in [3.63, 3.8) is 0 Å². The van der Waals surface area contributed by atoms with Gasteiger partial charge in [0, 0.05) is 16.9 Å². The van der Waals surface area contributed by atoms with Crippen LogP contribution >= 0.6 is 11.8 Å². The van der Waals surface area contributed by atoms with Gasteiger partial charge in [-0.1, -0.05) is 84.6 Å². The first-order valence-corrected chi connectivity index (χ1v) is 9.36. The molecule has 0 unspecified atom stereocenters. The van der Waals surface area contributed by atoms with Crippen LogP contribution in [0.2, 0.25) is 0 Å². The second-order valence-electron chi connectivity index (χ2n) is 5.91. The van der Waals surface area contributed by atoms with Gasteiger partial charge in [0.1, 0.15) is 5.82 Å². The molecule has 1 aromatic heterocycles. The van der Waals surface area contributed by atoms with E-state index in [-0.39, 0.29) is 5.82 Å². The maximum absolute atomic E-state index is 13.1.